The number of carbonyl (C=O) groups is 2. The van der Waals surface area contributed by atoms with Crippen LogP contribution in [0.5, 0.6) is 5.88 Å². The summed E-state index contributed by atoms with van der Waals surface area (Å²) >= 11 is 0. The molecule has 9 nitrogen and oxygen atoms in total. The highest BCUT2D eigenvalue weighted by molar-refractivity contribution is 5.98. The van der Waals surface area contributed by atoms with Crippen molar-refractivity contribution in [1.82, 2.24) is 24.8 Å². The third kappa shape index (κ3) is 5.68. The van der Waals surface area contributed by atoms with Gasteiger partial charge in [-0.05, 0) is 42.3 Å². The molecular weight excluding hydrogens is 458 g/mol. The van der Waals surface area contributed by atoms with Gasteiger partial charge in [0.05, 0.1) is 25.6 Å². The van der Waals surface area contributed by atoms with Crippen LogP contribution in [0, 0.1) is 5.92 Å². The fourth-order valence-corrected chi connectivity index (χ4v) is 4.21. The number of ether oxygens (including phenoxy) is 1. The average molecular weight is 490 g/mol. The number of fused-ring (bicyclic) bond motifs is 1. The molecule has 0 saturated carbocycles. The number of aliphatic hydroxyl groups is 1. The molecule has 3 aromatic heterocycles. The summed E-state index contributed by atoms with van der Waals surface area (Å²) in [5, 5.41) is 9.85. The number of likely N-dealkylation sites (N-methyl/N-ethyl adjacent to an activating group) is 1. The van der Waals surface area contributed by atoms with Crippen molar-refractivity contribution in [1.29, 1.82) is 0 Å². The maximum absolute atomic E-state index is 13.6. The molecule has 188 valence electrons. The lowest BCUT2D eigenvalue weighted by Gasteiger charge is -2.37. The number of aliphatic hydroxyl groups excluding tert-OH is 1. The van der Waals surface area contributed by atoms with Crippen LogP contribution < -0.4 is 4.74 Å². The molecule has 0 spiro atoms. The summed E-state index contributed by atoms with van der Waals surface area (Å²) in [6.45, 7) is 4.31. The zero-order valence-electron chi connectivity index (χ0n) is 20.7. The summed E-state index contributed by atoms with van der Waals surface area (Å²) in [6, 6.07) is 8.74. The second-order valence-electron chi connectivity index (χ2n) is 9.25. The van der Waals surface area contributed by atoms with E-state index in [4.69, 9.17) is 4.74 Å². The summed E-state index contributed by atoms with van der Waals surface area (Å²) in [6.07, 6.45) is 8.21. The second-order valence-corrected chi connectivity index (χ2v) is 9.25. The Balaban J connectivity index is 1.62. The van der Waals surface area contributed by atoms with E-state index in [0.717, 1.165) is 16.7 Å². The van der Waals surface area contributed by atoms with Crippen LogP contribution in [0.1, 0.15) is 29.8 Å². The van der Waals surface area contributed by atoms with Crippen LogP contribution in [-0.2, 0) is 11.2 Å². The average Bonchev–Trinajstić information content (AvgIpc) is 2.91. The molecule has 3 atom stereocenters. The van der Waals surface area contributed by atoms with Crippen molar-refractivity contribution in [2.75, 3.05) is 26.7 Å². The first-order chi connectivity index (χ1) is 17.4. The largest absolute Gasteiger partial charge is 0.472 e. The molecule has 4 heterocycles. The smallest absolute Gasteiger partial charge is 0.259 e. The van der Waals surface area contributed by atoms with Crippen molar-refractivity contribution >= 4 is 11.8 Å². The van der Waals surface area contributed by atoms with Crippen LogP contribution in [0.25, 0.3) is 11.1 Å². The number of amides is 2. The first-order valence-electron chi connectivity index (χ1n) is 12.0. The SMILES string of the molecule is C[C@H](CO)N1C[C@H](C)[C@H](CN(C)C(=O)Cc2cccnc2)Oc2ncc(-c3ccncc3)cc2C1=O. The summed E-state index contributed by atoms with van der Waals surface area (Å²) in [4.78, 5) is 42.4. The lowest BCUT2D eigenvalue weighted by Crippen LogP contribution is -2.50. The predicted octanol–water partition coefficient (Wildman–Crippen LogP) is 2.46. The van der Waals surface area contributed by atoms with E-state index in [0.29, 0.717) is 18.7 Å². The number of aromatic nitrogens is 3. The molecule has 2 amide bonds. The van der Waals surface area contributed by atoms with Crippen LogP contribution in [0.4, 0.5) is 0 Å². The van der Waals surface area contributed by atoms with Crippen molar-refractivity contribution < 1.29 is 19.4 Å². The quantitative estimate of drug-likeness (QED) is 0.543. The maximum atomic E-state index is 13.6. The number of rotatable bonds is 7. The molecule has 0 radical (unpaired) electrons. The lowest BCUT2D eigenvalue weighted by molar-refractivity contribution is -0.130. The molecule has 0 unspecified atom stereocenters. The standard InChI is InChI=1S/C27H31N5O4/c1-18-15-32(19(2)17-33)27(35)23-12-22(21-6-9-28-10-7-21)14-30-26(23)36-24(18)16-31(3)25(34)11-20-5-4-8-29-13-20/h4-10,12-14,18-19,24,33H,11,15-17H2,1-3H3/t18-,19+,24-/m0/s1. The molecule has 0 aliphatic carbocycles. The van der Waals surface area contributed by atoms with E-state index in [-0.39, 0.29) is 42.7 Å². The molecule has 1 N–H and O–H groups in total. The molecular formula is C27H31N5O4. The molecule has 0 saturated heterocycles. The van der Waals surface area contributed by atoms with E-state index in [9.17, 15) is 14.7 Å². The topological polar surface area (TPSA) is 109 Å². The molecule has 36 heavy (non-hydrogen) atoms. The van der Waals surface area contributed by atoms with Crippen LogP contribution in [0.15, 0.2) is 61.3 Å². The second kappa shape index (κ2) is 11.3. The minimum absolute atomic E-state index is 0.0567. The van der Waals surface area contributed by atoms with Gasteiger partial charge in [0.2, 0.25) is 11.8 Å². The van der Waals surface area contributed by atoms with Crippen LogP contribution in [0.2, 0.25) is 0 Å². The maximum Gasteiger partial charge on any atom is 0.259 e. The lowest BCUT2D eigenvalue weighted by atomic mass is 9.99. The number of carbonyl (C=O) groups excluding carboxylic acids is 2. The molecule has 9 heteroatoms. The molecule has 1 aliphatic rings. The minimum atomic E-state index is -0.410. The molecule has 3 aromatic rings. The van der Waals surface area contributed by atoms with Crippen LogP contribution in [-0.4, -0.2) is 80.6 Å². The third-order valence-corrected chi connectivity index (χ3v) is 6.49. The van der Waals surface area contributed by atoms with E-state index in [2.05, 4.69) is 15.0 Å². The summed E-state index contributed by atoms with van der Waals surface area (Å²) in [5.74, 6) is -0.205. The Morgan fingerprint density at radius 3 is 2.67 bits per heavy atom. The molecule has 0 aromatic carbocycles. The normalized spacial score (nSPS) is 18.4. The Morgan fingerprint density at radius 1 is 1.19 bits per heavy atom. The monoisotopic (exact) mass is 489 g/mol. The Kier molecular flexibility index (Phi) is 7.90. The first-order valence-corrected chi connectivity index (χ1v) is 12.0. The van der Waals surface area contributed by atoms with Crippen molar-refractivity contribution in [2.24, 2.45) is 5.92 Å². The molecule has 4 rings (SSSR count). The molecule has 0 fully saturated rings. The zero-order valence-corrected chi connectivity index (χ0v) is 20.7. The Morgan fingerprint density at radius 2 is 1.97 bits per heavy atom. The Hall–Kier alpha value is -3.85. The van der Waals surface area contributed by atoms with Crippen LogP contribution in [0.3, 0.4) is 0 Å². The van der Waals surface area contributed by atoms with Gasteiger partial charge in [-0.1, -0.05) is 13.0 Å². The van der Waals surface area contributed by atoms with Crippen molar-refractivity contribution in [3.05, 3.63) is 72.4 Å². The van der Waals surface area contributed by atoms with Gasteiger partial charge in [-0.15, -0.1) is 0 Å². The van der Waals surface area contributed by atoms with Gasteiger partial charge in [-0.3, -0.25) is 19.6 Å². The van der Waals surface area contributed by atoms with Crippen molar-refractivity contribution in [3.63, 3.8) is 0 Å². The van der Waals surface area contributed by atoms with Crippen molar-refractivity contribution in [2.45, 2.75) is 32.4 Å². The summed E-state index contributed by atoms with van der Waals surface area (Å²) < 4.78 is 6.30. The number of nitrogens with zero attached hydrogens (tertiary/aromatic N) is 5. The minimum Gasteiger partial charge on any atom is -0.472 e. The molecule has 1 aliphatic heterocycles. The summed E-state index contributed by atoms with van der Waals surface area (Å²) in [7, 11) is 1.74. The summed E-state index contributed by atoms with van der Waals surface area (Å²) in [5.41, 5.74) is 2.80. The van der Waals surface area contributed by atoms with E-state index < -0.39 is 6.10 Å². The Bertz CT molecular complexity index is 1190. The van der Waals surface area contributed by atoms with Gasteiger partial charge in [0.1, 0.15) is 11.7 Å². The highest BCUT2D eigenvalue weighted by Crippen LogP contribution is 2.30. The number of hydrogen-bond acceptors (Lipinski definition) is 7. The van der Waals surface area contributed by atoms with Gasteiger partial charge in [-0.2, -0.15) is 0 Å². The predicted molar refractivity (Wildman–Crippen MR) is 134 cm³/mol. The van der Waals surface area contributed by atoms with Gasteiger partial charge in [0.15, 0.2) is 0 Å². The van der Waals surface area contributed by atoms with E-state index in [1.165, 1.54) is 0 Å². The highest BCUT2D eigenvalue weighted by Gasteiger charge is 2.34. The fourth-order valence-electron chi connectivity index (χ4n) is 4.21. The van der Waals surface area contributed by atoms with Crippen molar-refractivity contribution in [3.8, 4) is 17.0 Å². The van der Waals surface area contributed by atoms with Crippen LogP contribution >= 0.6 is 0 Å². The van der Waals surface area contributed by atoms with E-state index in [1.54, 1.807) is 60.0 Å². The van der Waals surface area contributed by atoms with Gasteiger partial charge in [-0.25, -0.2) is 4.98 Å². The van der Waals surface area contributed by atoms with E-state index in [1.807, 2.05) is 32.0 Å². The number of pyridine rings is 3. The third-order valence-electron chi connectivity index (χ3n) is 6.49. The fraction of sp³-hybridized carbons (Fsp3) is 0.370. The molecule has 0 bridgehead atoms. The van der Waals surface area contributed by atoms with Gasteiger partial charge in [0, 0.05) is 56.1 Å². The first kappa shape index (κ1) is 25.2. The Labute approximate surface area is 210 Å². The van der Waals surface area contributed by atoms with E-state index >= 15 is 0 Å². The highest BCUT2D eigenvalue weighted by atomic mass is 16.5. The van der Waals surface area contributed by atoms with Gasteiger partial charge >= 0.3 is 0 Å². The van der Waals surface area contributed by atoms with Gasteiger partial charge < -0.3 is 19.6 Å². The number of hydrogen-bond donors (Lipinski definition) is 1. The van der Waals surface area contributed by atoms with Gasteiger partial charge in [0.25, 0.3) is 5.91 Å². The zero-order chi connectivity index (χ0) is 25.7.